The molecule has 1 aromatic carbocycles. The molecule has 1 aliphatic carbocycles. The summed E-state index contributed by atoms with van der Waals surface area (Å²) in [7, 11) is 0. The smallest absolute Gasteiger partial charge is 0.307 e. The lowest BCUT2D eigenvalue weighted by Gasteiger charge is -2.27. The van der Waals surface area contributed by atoms with Crippen LogP contribution in [0, 0.1) is 11.8 Å². The number of aliphatic carboxylic acids is 1. The van der Waals surface area contributed by atoms with E-state index >= 15 is 0 Å². The van der Waals surface area contributed by atoms with Crippen molar-refractivity contribution in [2.75, 3.05) is 5.32 Å². The highest BCUT2D eigenvalue weighted by Crippen LogP contribution is 2.31. The number of benzene rings is 1. The fraction of sp³-hybridized carbons (Fsp3) is 0.529. The number of carbonyl (C=O) groups excluding carboxylic acids is 1. The summed E-state index contributed by atoms with van der Waals surface area (Å²) in [4.78, 5) is 23.7. The quantitative estimate of drug-likeness (QED) is 0.889. The van der Waals surface area contributed by atoms with Crippen molar-refractivity contribution < 1.29 is 14.7 Å². The van der Waals surface area contributed by atoms with Gasteiger partial charge in [0.25, 0.3) is 0 Å². The van der Waals surface area contributed by atoms with E-state index in [0.717, 1.165) is 24.1 Å². The Morgan fingerprint density at radius 2 is 1.86 bits per heavy atom. The molecule has 4 nitrogen and oxygen atoms in total. The van der Waals surface area contributed by atoms with E-state index in [0.29, 0.717) is 18.8 Å². The summed E-state index contributed by atoms with van der Waals surface area (Å²) in [6.45, 7) is 4.20. The first kappa shape index (κ1) is 15.5. The van der Waals surface area contributed by atoms with Gasteiger partial charge in [-0.1, -0.05) is 38.8 Å². The molecule has 0 aliphatic heterocycles. The van der Waals surface area contributed by atoms with Gasteiger partial charge in [0, 0.05) is 5.69 Å². The number of anilines is 1. The maximum Gasteiger partial charge on any atom is 0.307 e. The monoisotopic (exact) mass is 289 g/mol. The molecule has 2 N–H and O–H groups in total. The number of rotatable bonds is 4. The van der Waals surface area contributed by atoms with Crippen LogP contribution in [0.2, 0.25) is 0 Å². The van der Waals surface area contributed by atoms with Gasteiger partial charge in [-0.3, -0.25) is 9.59 Å². The molecule has 2 rings (SSSR count). The summed E-state index contributed by atoms with van der Waals surface area (Å²) < 4.78 is 0. The van der Waals surface area contributed by atoms with Crippen molar-refractivity contribution in [3.05, 3.63) is 29.8 Å². The highest BCUT2D eigenvalue weighted by atomic mass is 16.4. The Kier molecular flexibility index (Phi) is 4.99. The molecule has 1 saturated carbocycles. The molecule has 1 fully saturated rings. The van der Waals surface area contributed by atoms with Crippen molar-refractivity contribution >= 4 is 17.6 Å². The van der Waals surface area contributed by atoms with Crippen molar-refractivity contribution in [1.82, 2.24) is 0 Å². The van der Waals surface area contributed by atoms with Gasteiger partial charge < -0.3 is 10.4 Å². The average molecular weight is 289 g/mol. The van der Waals surface area contributed by atoms with Crippen molar-refractivity contribution in [1.29, 1.82) is 0 Å². The number of carboxylic acids is 1. The fourth-order valence-corrected chi connectivity index (χ4v) is 2.95. The van der Waals surface area contributed by atoms with Gasteiger partial charge in [-0.2, -0.15) is 0 Å². The lowest BCUT2D eigenvalue weighted by atomic mass is 9.78. The van der Waals surface area contributed by atoms with E-state index in [1.165, 1.54) is 0 Å². The highest BCUT2D eigenvalue weighted by molar-refractivity contribution is 5.95. The Hall–Kier alpha value is -1.84. The molecular weight excluding hydrogens is 266 g/mol. The van der Waals surface area contributed by atoms with E-state index in [9.17, 15) is 14.7 Å². The molecule has 1 aliphatic rings. The fourth-order valence-electron chi connectivity index (χ4n) is 2.95. The Bertz CT molecular complexity index is 525. The second kappa shape index (κ2) is 6.74. The van der Waals surface area contributed by atoms with Crippen molar-refractivity contribution in [3.8, 4) is 0 Å². The molecule has 0 aromatic heterocycles. The summed E-state index contributed by atoms with van der Waals surface area (Å²) in [5, 5.41) is 12.2. The van der Waals surface area contributed by atoms with Crippen LogP contribution in [0.1, 0.15) is 51.0 Å². The summed E-state index contributed by atoms with van der Waals surface area (Å²) in [6.07, 6.45) is 3.07. The summed E-state index contributed by atoms with van der Waals surface area (Å²) in [6, 6.07) is 7.75. The maximum absolute atomic E-state index is 12.4. The van der Waals surface area contributed by atoms with Gasteiger partial charge in [-0.05, 0) is 36.5 Å². The number of hydrogen-bond donors (Lipinski definition) is 2. The van der Waals surface area contributed by atoms with Gasteiger partial charge in [0.1, 0.15) is 0 Å². The summed E-state index contributed by atoms with van der Waals surface area (Å²) in [5.74, 6) is -1.59. The first-order valence-corrected chi connectivity index (χ1v) is 7.62. The molecular formula is C17H23NO3. The van der Waals surface area contributed by atoms with Gasteiger partial charge in [-0.25, -0.2) is 0 Å². The minimum atomic E-state index is -0.856. The molecule has 2 atom stereocenters. The SMILES string of the molecule is CC(C)c1cccc(NC(=O)[C@@H]2CCCC[C@@H]2C(=O)O)c1. The van der Waals surface area contributed by atoms with Crippen LogP contribution in [0.5, 0.6) is 0 Å². The topological polar surface area (TPSA) is 66.4 Å². The Labute approximate surface area is 125 Å². The summed E-state index contributed by atoms with van der Waals surface area (Å²) in [5.41, 5.74) is 1.91. The Balaban J connectivity index is 2.09. The number of carbonyl (C=O) groups is 2. The van der Waals surface area contributed by atoms with Crippen LogP contribution < -0.4 is 5.32 Å². The third kappa shape index (κ3) is 3.84. The van der Waals surface area contributed by atoms with Gasteiger partial charge >= 0.3 is 5.97 Å². The van der Waals surface area contributed by atoms with E-state index in [-0.39, 0.29) is 5.91 Å². The first-order chi connectivity index (χ1) is 9.99. The van der Waals surface area contributed by atoms with Crippen molar-refractivity contribution in [2.24, 2.45) is 11.8 Å². The van der Waals surface area contributed by atoms with Gasteiger partial charge in [0.2, 0.25) is 5.91 Å². The van der Waals surface area contributed by atoms with Crippen molar-refractivity contribution in [3.63, 3.8) is 0 Å². The van der Waals surface area contributed by atoms with Crippen LogP contribution in [0.15, 0.2) is 24.3 Å². The largest absolute Gasteiger partial charge is 0.481 e. The van der Waals surface area contributed by atoms with Crippen LogP contribution in [-0.4, -0.2) is 17.0 Å². The second-order valence-corrected chi connectivity index (χ2v) is 6.11. The first-order valence-electron chi connectivity index (χ1n) is 7.62. The van der Waals surface area contributed by atoms with Gasteiger partial charge in [0.05, 0.1) is 11.8 Å². The van der Waals surface area contributed by atoms with Crippen LogP contribution >= 0.6 is 0 Å². The van der Waals surface area contributed by atoms with E-state index in [1.54, 1.807) is 0 Å². The standard InChI is InChI=1S/C17H23NO3/c1-11(2)12-6-5-7-13(10-12)18-16(19)14-8-3-4-9-15(14)17(20)21/h5-7,10-11,14-15H,3-4,8-9H2,1-2H3,(H,18,19)(H,20,21)/t14-,15+/m1/s1. The Morgan fingerprint density at radius 1 is 1.19 bits per heavy atom. The second-order valence-electron chi connectivity index (χ2n) is 6.11. The molecule has 0 unspecified atom stereocenters. The van der Waals surface area contributed by atoms with E-state index in [4.69, 9.17) is 0 Å². The predicted molar refractivity (Wildman–Crippen MR) is 82.2 cm³/mol. The number of amides is 1. The zero-order valence-electron chi connectivity index (χ0n) is 12.6. The maximum atomic E-state index is 12.4. The number of hydrogen-bond acceptors (Lipinski definition) is 2. The Morgan fingerprint density at radius 3 is 2.48 bits per heavy atom. The number of nitrogens with one attached hydrogen (secondary N) is 1. The van der Waals surface area contributed by atoms with Crippen LogP contribution in [-0.2, 0) is 9.59 Å². The van der Waals surface area contributed by atoms with Gasteiger partial charge in [0.15, 0.2) is 0 Å². The molecule has 1 amide bonds. The van der Waals surface area contributed by atoms with E-state index in [1.807, 2.05) is 24.3 Å². The molecule has 0 radical (unpaired) electrons. The predicted octanol–water partition coefficient (Wildman–Crippen LogP) is 3.64. The number of carboxylic acid groups (broad SMARTS) is 1. The minimum absolute atomic E-state index is 0.164. The summed E-state index contributed by atoms with van der Waals surface area (Å²) >= 11 is 0. The van der Waals surface area contributed by atoms with Crippen LogP contribution in [0.25, 0.3) is 0 Å². The third-order valence-electron chi connectivity index (χ3n) is 4.24. The molecule has 114 valence electrons. The van der Waals surface area contributed by atoms with Crippen molar-refractivity contribution in [2.45, 2.75) is 45.4 Å². The average Bonchev–Trinajstić information content (AvgIpc) is 2.47. The highest BCUT2D eigenvalue weighted by Gasteiger charge is 2.35. The molecule has 21 heavy (non-hydrogen) atoms. The van der Waals surface area contributed by atoms with Crippen LogP contribution in [0.3, 0.4) is 0 Å². The minimum Gasteiger partial charge on any atom is -0.481 e. The molecule has 0 heterocycles. The molecule has 0 saturated heterocycles. The van der Waals surface area contributed by atoms with Gasteiger partial charge in [-0.15, -0.1) is 0 Å². The van der Waals surface area contributed by atoms with Crippen LogP contribution in [0.4, 0.5) is 5.69 Å². The third-order valence-corrected chi connectivity index (χ3v) is 4.24. The molecule has 1 aromatic rings. The lowest BCUT2D eigenvalue weighted by Crippen LogP contribution is -2.36. The van der Waals surface area contributed by atoms with E-state index < -0.39 is 17.8 Å². The zero-order chi connectivity index (χ0) is 15.4. The normalized spacial score (nSPS) is 22.0. The van der Waals surface area contributed by atoms with E-state index in [2.05, 4.69) is 19.2 Å². The zero-order valence-corrected chi connectivity index (χ0v) is 12.6. The molecule has 4 heteroatoms. The molecule has 0 bridgehead atoms. The molecule has 0 spiro atoms. The lowest BCUT2D eigenvalue weighted by molar-refractivity contribution is -0.147.